The van der Waals surface area contributed by atoms with Crippen molar-refractivity contribution in [3.63, 3.8) is 0 Å². The van der Waals surface area contributed by atoms with Gasteiger partial charge in [-0.05, 0) is 20.4 Å². The molecule has 2 nitrogen and oxygen atoms in total. The smallest absolute Gasteiger partial charge is 0.292 e. The van der Waals surface area contributed by atoms with Gasteiger partial charge in [-0.15, -0.1) is 0 Å². The third-order valence-electron chi connectivity index (χ3n) is 3.05. The maximum absolute atomic E-state index is 12.4. The second kappa shape index (κ2) is 6.19. The minimum Gasteiger partial charge on any atom is -0.292 e. The van der Waals surface area contributed by atoms with Crippen LogP contribution in [-0.4, -0.2) is 36.0 Å². The van der Waals surface area contributed by atoms with Crippen LogP contribution in [0.4, 0.5) is 13.2 Å². The standard InChI is InChI=1S/C14H18F3NO/c1-4-18(9-14(15,16)17)11(3)13(19)12-7-5-10(2)6-8-12/h5-8,11H,4,9H2,1-3H3. The van der Waals surface area contributed by atoms with Crippen LogP contribution in [0.5, 0.6) is 0 Å². The molecule has 0 heterocycles. The van der Waals surface area contributed by atoms with E-state index in [2.05, 4.69) is 0 Å². The number of carbonyl (C=O) groups is 1. The lowest BCUT2D eigenvalue weighted by molar-refractivity contribution is -0.147. The topological polar surface area (TPSA) is 20.3 Å². The summed E-state index contributed by atoms with van der Waals surface area (Å²) < 4.78 is 37.3. The number of ketones is 1. The Labute approximate surface area is 111 Å². The summed E-state index contributed by atoms with van der Waals surface area (Å²) >= 11 is 0. The van der Waals surface area contributed by atoms with Crippen molar-refractivity contribution in [3.8, 4) is 0 Å². The molecule has 0 aliphatic carbocycles. The fraction of sp³-hybridized carbons (Fsp3) is 0.500. The average molecular weight is 273 g/mol. The molecule has 1 aromatic rings. The normalized spacial score (nSPS) is 13.6. The Bertz CT molecular complexity index is 425. The molecule has 0 bridgehead atoms. The molecule has 0 spiro atoms. The number of halogens is 3. The van der Waals surface area contributed by atoms with Crippen LogP contribution < -0.4 is 0 Å². The van der Waals surface area contributed by atoms with Gasteiger partial charge in [0.05, 0.1) is 12.6 Å². The highest BCUT2D eigenvalue weighted by Crippen LogP contribution is 2.19. The van der Waals surface area contributed by atoms with Crippen LogP contribution in [0.25, 0.3) is 0 Å². The summed E-state index contributed by atoms with van der Waals surface area (Å²) in [7, 11) is 0. The quantitative estimate of drug-likeness (QED) is 0.766. The van der Waals surface area contributed by atoms with Gasteiger partial charge in [0.2, 0.25) is 0 Å². The molecule has 0 fully saturated rings. The highest BCUT2D eigenvalue weighted by Gasteiger charge is 2.34. The zero-order valence-electron chi connectivity index (χ0n) is 11.3. The number of likely N-dealkylation sites (N-methyl/N-ethyl adjacent to an activating group) is 1. The van der Waals surface area contributed by atoms with Crippen LogP contribution in [0.15, 0.2) is 24.3 Å². The van der Waals surface area contributed by atoms with Crippen LogP contribution in [-0.2, 0) is 0 Å². The molecule has 1 unspecified atom stereocenters. The van der Waals surface area contributed by atoms with Gasteiger partial charge in [-0.25, -0.2) is 0 Å². The van der Waals surface area contributed by atoms with Crippen molar-refractivity contribution in [2.24, 2.45) is 0 Å². The van der Waals surface area contributed by atoms with Crippen LogP contribution in [0.2, 0.25) is 0 Å². The molecule has 0 N–H and O–H groups in total. The first-order chi connectivity index (χ1) is 8.74. The van der Waals surface area contributed by atoms with E-state index in [1.807, 2.05) is 6.92 Å². The Morgan fingerprint density at radius 1 is 1.26 bits per heavy atom. The fourth-order valence-electron chi connectivity index (χ4n) is 1.88. The van der Waals surface area contributed by atoms with Crippen molar-refractivity contribution >= 4 is 5.78 Å². The third-order valence-corrected chi connectivity index (χ3v) is 3.05. The van der Waals surface area contributed by atoms with E-state index >= 15 is 0 Å². The van der Waals surface area contributed by atoms with E-state index in [0.29, 0.717) is 5.56 Å². The number of hydrogen-bond donors (Lipinski definition) is 0. The minimum atomic E-state index is -4.29. The molecule has 0 aliphatic rings. The molecule has 0 saturated heterocycles. The number of benzene rings is 1. The number of rotatable bonds is 5. The number of carbonyl (C=O) groups excluding carboxylic acids is 1. The first kappa shape index (κ1) is 15.7. The summed E-state index contributed by atoms with van der Waals surface area (Å²) in [4.78, 5) is 13.3. The van der Waals surface area contributed by atoms with Crippen LogP contribution in [0.3, 0.4) is 0 Å². The number of hydrogen-bond acceptors (Lipinski definition) is 2. The van der Waals surface area contributed by atoms with E-state index in [9.17, 15) is 18.0 Å². The molecule has 0 aliphatic heterocycles. The summed E-state index contributed by atoms with van der Waals surface area (Å²) in [6.07, 6.45) is -4.29. The van der Waals surface area contributed by atoms with Gasteiger partial charge in [0.25, 0.3) is 0 Å². The van der Waals surface area contributed by atoms with Gasteiger partial charge >= 0.3 is 6.18 Å². The van der Waals surface area contributed by atoms with E-state index in [-0.39, 0.29) is 12.3 Å². The Hall–Kier alpha value is -1.36. The van der Waals surface area contributed by atoms with Gasteiger partial charge in [-0.2, -0.15) is 13.2 Å². The van der Waals surface area contributed by atoms with Gasteiger partial charge in [-0.3, -0.25) is 9.69 Å². The van der Waals surface area contributed by atoms with Gasteiger partial charge in [0, 0.05) is 5.56 Å². The number of nitrogens with zero attached hydrogens (tertiary/aromatic N) is 1. The van der Waals surface area contributed by atoms with Gasteiger partial charge in [0.1, 0.15) is 0 Å². The van der Waals surface area contributed by atoms with Crippen LogP contribution >= 0.6 is 0 Å². The van der Waals surface area contributed by atoms with Crippen molar-refractivity contribution in [1.82, 2.24) is 4.90 Å². The Morgan fingerprint density at radius 3 is 2.21 bits per heavy atom. The van der Waals surface area contributed by atoms with Gasteiger partial charge in [-0.1, -0.05) is 36.8 Å². The number of aryl methyl sites for hydroxylation is 1. The first-order valence-corrected chi connectivity index (χ1v) is 6.16. The molecule has 0 amide bonds. The molecule has 5 heteroatoms. The molecule has 19 heavy (non-hydrogen) atoms. The Kier molecular flexibility index (Phi) is 5.11. The maximum atomic E-state index is 12.4. The van der Waals surface area contributed by atoms with E-state index < -0.39 is 18.8 Å². The lowest BCUT2D eigenvalue weighted by atomic mass is 10.0. The SMILES string of the molecule is CCN(CC(F)(F)F)C(C)C(=O)c1ccc(C)cc1. The lowest BCUT2D eigenvalue weighted by Gasteiger charge is -2.27. The Morgan fingerprint density at radius 2 is 1.79 bits per heavy atom. The molecule has 0 aromatic heterocycles. The molecular formula is C14H18F3NO. The highest BCUT2D eigenvalue weighted by molar-refractivity contribution is 5.99. The molecule has 1 rings (SSSR count). The first-order valence-electron chi connectivity index (χ1n) is 6.16. The number of Topliss-reactive ketones (excluding diaryl/α,β-unsaturated/α-hetero) is 1. The summed E-state index contributed by atoms with van der Waals surface area (Å²) in [6, 6.07) is 6.07. The minimum absolute atomic E-state index is 0.179. The lowest BCUT2D eigenvalue weighted by Crippen LogP contribution is -2.44. The number of alkyl halides is 3. The highest BCUT2D eigenvalue weighted by atomic mass is 19.4. The van der Waals surface area contributed by atoms with Crippen molar-refractivity contribution in [2.75, 3.05) is 13.1 Å². The van der Waals surface area contributed by atoms with E-state index in [1.165, 1.54) is 6.92 Å². The van der Waals surface area contributed by atoms with Gasteiger partial charge in [0.15, 0.2) is 5.78 Å². The Balaban J connectivity index is 2.82. The zero-order valence-corrected chi connectivity index (χ0v) is 11.3. The van der Waals surface area contributed by atoms with Crippen molar-refractivity contribution in [1.29, 1.82) is 0 Å². The predicted octanol–water partition coefficient (Wildman–Crippen LogP) is 3.45. The molecule has 106 valence electrons. The molecule has 1 atom stereocenters. The molecular weight excluding hydrogens is 255 g/mol. The van der Waals surface area contributed by atoms with E-state index in [1.54, 1.807) is 31.2 Å². The van der Waals surface area contributed by atoms with Gasteiger partial charge < -0.3 is 0 Å². The third kappa shape index (κ3) is 4.67. The monoisotopic (exact) mass is 273 g/mol. The van der Waals surface area contributed by atoms with Crippen molar-refractivity contribution in [2.45, 2.75) is 33.0 Å². The summed E-state index contributed by atoms with van der Waals surface area (Å²) in [6.45, 7) is 4.13. The summed E-state index contributed by atoms with van der Waals surface area (Å²) in [5.74, 6) is -0.286. The maximum Gasteiger partial charge on any atom is 0.401 e. The van der Waals surface area contributed by atoms with Crippen LogP contribution in [0.1, 0.15) is 29.8 Å². The summed E-state index contributed by atoms with van der Waals surface area (Å²) in [5, 5.41) is 0. The van der Waals surface area contributed by atoms with E-state index in [0.717, 1.165) is 10.5 Å². The average Bonchev–Trinajstić information content (AvgIpc) is 2.34. The molecule has 0 radical (unpaired) electrons. The molecule has 0 saturated carbocycles. The second-order valence-electron chi connectivity index (χ2n) is 4.58. The fourth-order valence-corrected chi connectivity index (χ4v) is 1.88. The second-order valence-corrected chi connectivity index (χ2v) is 4.58. The van der Waals surface area contributed by atoms with Crippen molar-refractivity contribution < 1.29 is 18.0 Å². The zero-order chi connectivity index (χ0) is 14.6. The van der Waals surface area contributed by atoms with Crippen molar-refractivity contribution in [3.05, 3.63) is 35.4 Å². The predicted molar refractivity (Wildman–Crippen MR) is 68.3 cm³/mol. The largest absolute Gasteiger partial charge is 0.401 e. The van der Waals surface area contributed by atoms with Crippen LogP contribution in [0, 0.1) is 6.92 Å². The summed E-state index contributed by atoms with van der Waals surface area (Å²) in [5.41, 5.74) is 1.45. The van der Waals surface area contributed by atoms with E-state index in [4.69, 9.17) is 0 Å². The molecule has 1 aromatic carbocycles.